The number of benzene rings is 3. The molecule has 0 N–H and O–H groups in total. The van der Waals surface area contributed by atoms with Gasteiger partial charge in [-0.2, -0.15) is 0 Å². The summed E-state index contributed by atoms with van der Waals surface area (Å²) in [6.45, 7) is 0. The lowest BCUT2D eigenvalue weighted by atomic mass is 10.2. The summed E-state index contributed by atoms with van der Waals surface area (Å²) in [6, 6.07) is 30.8. The van der Waals surface area contributed by atoms with Gasteiger partial charge >= 0.3 is 0 Å². The summed E-state index contributed by atoms with van der Waals surface area (Å²) in [4.78, 5) is 3.39. The van der Waals surface area contributed by atoms with Crippen molar-refractivity contribution >= 4 is 40.0 Å². The van der Waals surface area contributed by atoms with Crippen LogP contribution in [0, 0.1) is 0 Å². The van der Waals surface area contributed by atoms with Crippen LogP contribution in [0.1, 0.15) is 5.56 Å². The van der Waals surface area contributed by atoms with Crippen LogP contribution in [0.3, 0.4) is 0 Å². The van der Waals surface area contributed by atoms with Crippen molar-refractivity contribution in [2.75, 3.05) is 0 Å². The van der Waals surface area contributed by atoms with Crippen LogP contribution in [0.4, 0.5) is 0 Å². The molecule has 0 atom stereocenters. The maximum atomic E-state index is 6.69. The predicted octanol–water partition coefficient (Wildman–Crippen LogP) is 7.14. The Balaban J connectivity index is 1.95. The van der Waals surface area contributed by atoms with Gasteiger partial charge < -0.3 is 0 Å². The fourth-order valence-electron chi connectivity index (χ4n) is 2.05. The molecule has 0 aromatic heterocycles. The van der Waals surface area contributed by atoms with Crippen molar-refractivity contribution in [2.45, 2.75) is 9.79 Å². The molecule has 0 spiro atoms. The van der Waals surface area contributed by atoms with Crippen molar-refractivity contribution in [3.8, 4) is 0 Å². The van der Waals surface area contributed by atoms with Gasteiger partial charge in [-0.15, -0.1) is 0 Å². The summed E-state index contributed by atoms with van der Waals surface area (Å²) in [6.07, 6.45) is 0. The highest BCUT2D eigenvalue weighted by atomic mass is 35.5. The molecule has 0 nitrogen and oxygen atoms in total. The molecule has 0 aliphatic carbocycles. The van der Waals surface area contributed by atoms with Crippen LogP contribution in [-0.2, 0) is 0 Å². The van der Waals surface area contributed by atoms with Crippen LogP contribution in [0.5, 0.6) is 0 Å². The zero-order valence-electron chi connectivity index (χ0n) is 12.4. The van der Waals surface area contributed by atoms with E-state index in [1.165, 1.54) is 4.90 Å². The minimum atomic E-state index is 0.788. The molecule has 0 saturated heterocycles. The molecule has 0 saturated carbocycles. The van der Waals surface area contributed by atoms with Crippen molar-refractivity contribution in [2.24, 2.45) is 0 Å². The monoisotopic (exact) mass is 354 g/mol. The van der Waals surface area contributed by atoms with Crippen molar-refractivity contribution in [1.29, 1.82) is 0 Å². The van der Waals surface area contributed by atoms with Gasteiger partial charge in [-0.3, -0.25) is 0 Å². The molecule has 0 bridgehead atoms. The molecule has 0 amide bonds. The first-order chi connectivity index (χ1) is 11.3. The van der Waals surface area contributed by atoms with Gasteiger partial charge in [-0.1, -0.05) is 102 Å². The quantitative estimate of drug-likeness (QED) is 0.446. The second-order valence-corrected chi connectivity index (χ2v) is 7.57. The van der Waals surface area contributed by atoms with Gasteiger partial charge in [0.1, 0.15) is 0 Å². The van der Waals surface area contributed by atoms with Crippen LogP contribution in [-0.4, -0.2) is 0 Å². The molecular formula is C20H15ClS2. The Morgan fingerprint density at radius 3 is 1.52 bits per heavy atom. The SMILES string of the molecule is ClC(Sc1ccccc1)=C(Sc1ccccc1)c1ccccc1. The van der Waals surface area contributed by atoms with E-state index in [9.17, 15) is 0 Å². The third-order valence-electron chi connectivity index (χ3n) is 3.13. The van der Waals surface area contributed by atoms with E-state index >= 15 is 0 Å². The molecule has 0 aliphatic heterocycles. The second-order valence-electron chi connectivity index (χ2n) is 4.80. The van der Waals surface area contributed by atoms with E-state index in [1.807, 2.05) is 54.6 Å². The minimum absolute atomic E-state index is 0.788. The summed E-state index contributed by atoms with van der Waals surface area (Å²) < 4.78 is 0.788. The topological polar surface area (TPSA) is 0 Å². The predicted molar refractivity (Wildman–Crippen MR) is 104 cm³/mol. The number of hydrogen-bond acceptors (Lipinski definition) is 2. The summed E-state index contributed by atoms with van der Waals surface area (Å²) in [5.74, 6) is 0. The van der Waals surface area contributed by atoms with Crippen molar-refractivity contribution < 1.29 is 0 Å². The summed E-state index contributed by atoms with van der Waals surface area (Å²) in [5.41, 5.74) is 1.13. The first-order valence-corrected chi connectivity index (χ1v) is 9.25. The van der Waals surface area contributed by atoms with E-state index in [-0.39, 0.29) is 0 Å². The third kappa shape index (κ3) is 4.68. The van der Waals surface area contributed by atoms with Crippen LogP contribution < -0.4 is 0 Å². The maximum Gasteiger partial charge on any atom is 0.0928 e. The highest BCUT2D eigenvalue weighted by Crippen LogP contribution is 2.43. The highest BCUT2D eigenvalue weighted by Gasteiger charge is 2.11. The second kappa shape index (κ2) is 8.30. The Bertz CT molecular complexity index is 769. The molecule has 114 valence electrons. The summed E-state index contributed by atoms with van der Waals surface area (Å²) in [5, 5.41) is 0. The number of hydrogen-bond donors (Lipinski definition) is 0. The van der Waals surface area contributed by atoms with E-state index in [0.717, 1.165) is 19.7 Å². The molecular weight excluding hydrogens is 340 g/mol. The average Bonchev–Trinajstić information content (AvgIpc) is 2.62. The van der Waals surface area contributed by atoms with E-state index < -0.39 is 0 Å². The van der Waals surface area contributed by atoms with Crippen LogP contribution in [0.2, 0.25) is 0 Å². The Labute approximate surface area is 150 Å². The zero-order chi connectivity index (χ0) is 15.9. The highest BCUT2D eigenvalue weighted by molar-refractivity contribution is 8.11. The van der Waals surface area contributed by atoms with Gasteiger partial charge in [0, 0.05) is 14.7 Å². The number of thioether (sulfide) groups is 2. The van der Waals surface area contributed by atoms with Gasteiger partial charge in [0.2, 0.25) is 0 Å². The molecule has 0 fully saturated rings. The standard InChI is InChI=1S/C20H15ClS2/c21-20(23-18-14-8-3-9-15-18)19(16-10-4-1-5-11-16)22-17-12-6-2-7-13-17/h1-15H. The fourth-order valence-corrected chi connectivity index (χ4v) is 4.36. The summed E-state index contributed by atoms with van der Waals surface area (Å²) >= 11 is 9.97. The Kier molecular flexibility index (Phi) is 5.87. The molecule has 0 unspecified atom stereocenters. The third-order valence-corrected chi connectivity index (χ3v) is 5.83. The van der Waals surface area contributed by atoms with Gasteiger partial charge in [0.05, 0.1) is 4.36 Å². The van der Waals surface area contributed by atoms with Crippen molar-refractivity contribution in [1.82, 2.24) is 0 Å². The van der Waals surface area contributed by atoms with Gasteiger partial charge in [-0.25, -0.2) is 0 Å². The molecule has 0 radical (unpaired) electrons. The lowest BCUT2D eigenvalue weighted by Gasteiger charge is -2.11. The van der Waals surface area contributed by atoms with Crippen LogP contribution in [0.15, 0.2) is 105 Å². The molecule has 3 aromatic carbocycles. The Morgan fingerprint density at radius 2 is 1.00 bits per heavy atom. The van der Waals surface area contributed by atoms with E-state index in [0.29, 0.717) is 0 Å². The summed E-state index contributed by atoms with van der Waals surface area (Å²) in [7, 11) is 0. The normalized spacial score (nSPS) is 11.9. The Morgan fingerprint density at radius 1 is 0.565 bits per heavy atom. The molecule has 0 aliphatic rings. The molecule has 3 heteroatoms. The molecule has 3 rings (SSSR count). The lowest BCUT2D eigenvalue weighted by molar-refractivity contribution is 1.47. The maximum absolute atomic E-state index is 6.69. The van der Waals surface area contributed by atoms with E-state index in [2.05, 4.69) is 36.4 Å². The van der Waals surface area contributed by atoms with Gasteiger partial charge in [-0.05, 0) is 29.8 Å². The van der Waals surface area contributed by atoms with Crippen molar-refractivity contribution in [3.05, 3.63) is 101 Å². The number of halogens is 1. The van der Waals surface area contributed by atoms with Crippen molar-refractivity contribution in [3.63, 3.8) is 0 Å². The lowest BCUT2D eigenvalue weighted by Crippen LogP contribution is -1.83. The van der Waals surface area contributed by atoms with Gasteiger partial charge in [0.15, 0.2) is 0 Å². The molecule has 0 heterocycles. The van der Waals surface area contributed by atoms with E-state index in [1.54, 1.807) is 23.5 Å². The zero-order valence-corrected chi connectivity index (χ0v) is 14.7. The minimum Gasteiger partial charge on any atom is -0.0873 e. The average molecular weight is 355 g/mol. The number of rotatable bonds is 5. The largest absolute Gasteiger partial charge is 0.0928 e. The first kappa shape index (κ1) is 16.3. The first-order valence-electron chi connectivity index (χ1n) is 7.24. The van der Waals surface area contributed by atoms with Gasteiger partial charge in [0.25, 0.3) is 0 Å². The molecule has 23 heavy (non-hydrogen) atoms. The fraction of sp³-hybridized carbons (Fsp3) is 0. The van der Waals surface area contributed by atoms with E-state index in [4.69, 9.17) is 11.6 Å². The Hall–Kier alpha value is -1.61. The molecule has 3 aromatic rings. The van der Waals surface area contributed by atoms with Crippen LogP contribution in [0.25, 0.3) is 4.91 Å². The van der Waals surface area contributed by atoms with Crippen LogP contribution >= 0.6 is 35.1 Å². The smallest absolute Gasteiger partial charge is 0.0873 e.